The number of thiophene rings is 1. The van der Waals surface area contributed by atoms with Crippen LogP contribution < -0.4 is 9.80 Å². The van der Waals surface area contributed by atoms with Gasteiger partial charge in [-0.05, 0) is 62.3 Å². The number of amides is 1. The number of nitrogens with zero attached hydrogens (tertiary/aromatic N) is 4. The lowest BCUT2D eigenvalue weighted by Gasteiger charge is -2.44. The Morgan fingerprint density at radius 1 is 1.00 bits per heavy atom. The van der Waals surface area contributed by atoms with Gasteiger partial charge in [-0.25, -0.2) is 18.2 Å². The first-order valence-corrected chi connectivity index (χ1v) is 17.0. The molecule has 42 heavy (non-hydrogen) atoms. The third-order valence-electron chi connectivity index (χ3n) is 8.79. The van der Waals surface area contributed by atoms with Crippen LogP contribution in [0, 0.1) is 12.8 Å². The van der Waals surface area contributed by atoms with Gasteiger partial charge in [0.1, 0.15) is 15.6 Å². The van der Waals surface area contributed by atoms with E-state index in [4.69, 9.17) is 0 Å². The minimum atomic E-state index is -3.99. The van der Waals surface area contributed by atoms with Gasteiger partial charge in [0.05, 0.1) is 18.3 Å². The lowest BCUT2D eigenvalue weighted by atomic mass is 9.82. The normalized spacial score (nSPS) is 20.8. The van der Waals surface area contributed by atoms with E-state index in [9.17, 15) is 23.1 Å². The maximum Gasteiger partial charge on any atom is 0.348 e. The first-order chi connectivity index (χ1) is 20.2. The summed E-state index contributed by atoms with van der Waals surface area (Å²) in [6, 6.07) is 12.5. The number of sulfonamides is 1. The van der Waals surface area contributed by atoms with Crippen LogP contribution >= 0.6 is 11.3 Å². The Kier molecular flexibility index (Phi) is 8.08. The second-order valence-corrected chi connectivity index (χ2v) is 14.6. The van der Waals surface area contributed by atoms with Crippen molar-refractivity contribution in [3.63, 3.8) is 0 Å². The molecule has 0 radical (unpaired) electrons. The summed E-state index contributed by atoms with van der Waals surface area (Å²) in [4.78, 5) is 35.5. The molecule has 2 saturated heterocycles. The molecule has 11 heteroatoms. The predicted octanol–water partition coefficient (Wildman–Crippen LogP) is 5.40. The number of rotatable bonds is 7. The van der Waals surface area contributed by atoms with Gasteiger partial charge >= 0.3 is 5.97 Å². The number of carbonyl (C=O) groups excluding carboxylic acids is 1. The molecule has 2 aromatic heterocycles. The van der Waals surface area contributed by atoms with Crippen molar-refractivity contribution < 1.29 is 23.1 Å². The number of aromatic nitrogens is 1. The highest BCUT2D eigenvalue weighted by atomic mass is 32.2. The van der Waals surface area contributed by atoms with Crippen molar-refractivity contribution in [3.05, 3.63) is 59.1 Å². The molecule has 3 aromatic rings. The molecule has 1 amide bonds. The molecule has 1 saturated carbocycles. The lowest BCUT2D eigenvalue weighted by Crippen LogP contribution is -2.60. The second-order valence-electron chi connectivity index (χ2n) is 11.6. The Balaban J connectivity index is 1.34. The molecule has 2 aliphatic heterocycles. The Labute approximate surface area is 250 Å². The average Bonchev–Trinajstić information content (AvgIpc) is 3.69. The molecule has 1 atom stereocenters. The maximum atomic E-state index is 13.9. The van der Waals surface area contributed by atoms with Crippen molar-refractivity contribution in [3.8, 4) is 10.4 Å². The van der Waals surface area contributed by atoms with Crippen LogP contribution in [0.2, 0.25) is 0 Å². The number of piperazine rings is 1. The van der Waals surface area contributed by atoms with Crippen LogP contribution in [-0.2, 0) is 14.8 Å². The van der Waals surface area contributed by atoms with Crippen LogP contribution in [0.5, 0.6) is 0 Å². The Bertz CT molecular complexity index is 1560. The molecular weight excluding hydrogens is 572 g/mol. The smallest absolute Gasteiger partial charge is 0.348 e. The van der Waals surface area contributed by atoms with Crippen molar-refractivity contribution in [1.82, 2.24) is 9.29 Å². The first-order valence-electron chi connectivity index (χ1n) is 14.7. The molecule has 4 heterocycles. The molecule has 3 fully saturated rings. The van der Waals surface area contributed by atoms with Crippen LogP contribution in [0.25, 0.3) is 10.4 Å². The standard InChI is InChI=1S/C31H36N4O5S2/c1-21-9-11-23(12-10-21)27-17-25(30(41-27)31(37)38)35-26(22-7-3-2-4-8-22)19-34(20-29(35)36)42(39,40)24-13-14-28(32-18-24)33-15-5-6-16-33/h9-14,17-18,22,26H,2-8,15-16,19-20H2,1H3,(H,37,38). The van der Waals surface area contributed by atoms with Crippen molar-refractivity contribution >= 4 is 44.7 Å². The molecule has 3 aliphatic rings. The maximum absolute atomic E-state index is 13.9. The fraction of sp³-hybridized carbons (Fsp3) is 0.452. The van der Waals surface area contributed by atoms with Crippen LogP contribution in [0.15, 0.2) is 53.6 Å². The molecule has 6 rings (SSSR count). The Morgan fingerprint density at radius 3 is 2.36 bits per heavy atom. The topological polar surface area (TPSA) is 111 Å². The Hall–Kier alpha value is -3.28. The van der Waals surface area contributed by atoms with Crippen LogP contribution in [0.3, 0.4) is 0 Å². The van der Waals surface area contributed by atoms with Gasteiger partial charge in [0.15, 0.2) is 0 Å². The number of hydrogen-bond donors (Lipinski definition) is 1. The van der Waals surface area contributed by atoms with Gasteiger partial charge in [-0.3, -0.25) is 4.79 Å². The fourth-order valence-electron chi connectivity index (χ4n) is 6.52. The summed E-state index contributed by atoms with van der Waals surface area (Å²) in [5, 5.41) is 10.2. The summed E-state index contributed by atoms with van der Waals surface area (Å²) < 4.78 is 28.9. The number of anilines is 2. The van der Waals surface area contributed by atoms with Crippen molar-refractivity contribution in [2.75, 3.05) is 36.0 Å². The average molecular weight is 609 g/mol. The minimum absolute atomic E-state index is 0.0671. The van der Waals surface area contributed by atoms with Gasteiger partial charge in [-0.2, -0.15) is 4.31 Å². The molecule has 1 N–H and O–H groups in total. The SMILES string of the molecule is Cc1ccc(-c2cc(N3C(=O)CN(S(=O)(=O)c4ccc(N5CCCC5)nc4)CC3C3CCCCC3)c(C(=O)O)s2)cc1. The van der Waals surface area contributed by atoms with Gasteiger partial charge in [-0.1, -0.05) is 49.1 Å². The first kappa shape index (κ1) is 28.8. The van der Waals surface area contributed by atoms with E-state index >= 15 is 0 Å². The fourth-order valence-corrected chi connectivity index (χ4v) is 8.87. The largest absolute Gasteiger partial charge is 0.477 e. The molecule has 0 bridgehead atoms. The molecule has 1 unspecified atom stereocenters. The molecule has 1 aromatic carbocycles. The highest BCUT2D eigenvalue weighted by Crippen LogP contribution is 2.42. The van der Waals surface area contributed by atoms with Gasteiger partial charge in [0.2, 0.25) is 15.9 Å². The van der Waals surface area contributed by atoms with Gasteiger partial charge in [-0.15, -0.1) is 11.3 Å². The van der Waals surface area contributed by atoms with E-state index in [1.54, 1.807) is 23.1 Å². The summed E-state index contributed by atoms with van der Waals surface area (Å²) in [5.74, 6) is -0.670. The van der Waals surface area contributed by atoms with Crippen LogP contribution in [0.1, 0.15) is 60.2 Å². The summed E-state index contributed by atoms with van der Waals surface area (Å²) in [7, 11) is -3.99. The third kappa shape index (κ3) is 5.57. The number of carbonyl (C=O) groups is 2. The summed E-state index contributed by atoms with van der Waals surface area (Å²) in [5.41, 5.74) is 2.34. The van der Waals surface area contributed by atoms with Crippen molar-refractivity contribution in [1.29, 1.82) is 0 Å². The summed E-state index contributed by atoms with van der Waals surface area (Å²) >= 11 is 1.15. The van der Waals surface area contributed by atoms with Crippen LogP contribution in [0.4, 0.5) is 11.5 Å². The van der Waals surface area contributed by atoms with Gasteiger partial charge < -0.3 is 14.9 Å². The van der Waals surface area contributed by atoms with E-state index in [1.807, 2.05) is 31.2 Å². The molecule has 0 spiro atoms. The molecular formula is C31H36N4O5S2. The number of hydrogen-bond acceptors (Lipinski definition) is 7. The quantitative estimate of drug-likeness (QED) is 0.382. The van der Waals surface area contributed by atoms with E-state index in [1.165, 1.54) is 10.5 Å². The van der Waals surface area contributed by atoms with Crippen molar-refractivity contribution in [2.45, 2.75) is 62.8 Å². The minimum Gasteiger partial charge on any atom is -0.477 e. The number of carboxylic acids is 1. The van der Waals surface area contributed by atoms with Gasteiger partial charge in [0.25, 0.3) is 0 Å². The number of aromatic carboxylic acids is 1. The predicted molar refractivity (Wildman–Crippen MR) is 164 cm³/mol. The van der Waals surface area contributed by atoms with E-state index < -0.39 is 27.9 Å². The zero-order valence-corrected chi connectivity index (χ0v) is 25.4. The highest BCUT2D eigenvalue weighted by Gasteiger charge is 2.44. The highest BCUT2D eigenvalue weighted by molar-refractivity contribution is 7.89. The van der Waals surface area contributed by atoms with Crippen LogP contribution in [-0.4, -0.2) is 66.9 Å². The number of benzene rings is 1. The zero-order valence-electron chi connectivity index (χ0n) is 23.7. The Morgan fingerprint density at radius 2 is 1.71 bits per heavy atom. The number of pyridine rings is 1. The van der Waals surface area contributed by atoms with E-state index in [2.05, 4.69) is 9.88 Å². The van der Waals surface area contributed by atoms with Crippen molar-refractivity contribution in [2.24, 2.45) is 5.92 Å². The summed E-state index contributed by atoms with van der Waals surface area (Å²) in [6.45, 7) is 3.57. The number of aryl methyl sites for hydroxylation is 1. The molecule has 9 nitrogen and oxygen atoms in total. The summed E-state index contributed by atoms with van der Waals surface area (Å²) in [6.07, 6.45) is 8.42. The van der Waals surface area contributed by atoms with E-state index in [0.717, 1.165) is 91.2 Å². The van der Waals surface area contributed by atoms with E-state index in [-0.39, 0.29) is 28.8 Å². The second kappa shape index (κ2) is 11.8. The van der Waals surface area contributed by atoms with E-state index in [0.29, 0.717) is 5.69 Å². The lowest BCUT2D eigenvalue weighted by molar-refractivity contribution is -0.121. The molecule has 222 valence electrons. The van der Waals surface area contributed by atoms with Gasteiger partial charge in [0, 0.05) is 30.7 Å². The molecule has 1 aliphatic carbocycles. The third-order valence-corrected chi connectivity index (χ3v) is 11.7. The number of carboxylic acid groups (broad SMARTS) is 1. The zero-order chi connectivity index (χ0) is 29.4. The monoisotopic (exact) mass is 608 g/mol.